The van der Waals surface area contributed by atoms with E-state index in [1.54, 1.807) is 6.07 Å². The molecule has 0 atom stereocenters. The Morgan fingerprint density at radius 1 is 1.47 bits per heavy atom. The molecule has 0 aliphatic heterocycles. The number of nitrogens with one attached hydrogen (secondary N) is 2. The van der Waals surface area contributed by atoms with Gasteiger partial charge < -0.3 is 10.6 Å². The highest BCUT2D eigenvalue weighted by molar-refractivity contribution is 9.10. The van der Waals surface area contributed by atoms with E-state index in [4.69, 9.17) is 0 Å². The first kappa shape index (κ1) is 14.1. The zero-order chi connectivity index (χ0) is 12.7. The fraction of sp³-hybridized carbons (Fsp3) is 0.417. The second-order valence-corrected chi connectivity index (χ2v) is 4.57. The highest BCUT2D eigenvalue weighted by atomic mass is 79.9. The van der Waals surface area contributed by atoms with Crippen molar-refractivity contribution in [2.45, 2.75) is 19.4 Å². The van der Waals surface area contributed by atoms with Crippen LogP contribution in [0.15, 0.2) is 22.7 Å². The van der Waals surface area contributed by atoms with Crippen LogP contribution in [0.4, 0.5) is 4.39 Å². The summed E-state index contributed by atoms with van der Waals surface area (Å²) in [5, 5.41) is 5.78. The number of amides is 1. The van der Waals surface area contributed by atoms with Crippen molar-refractivity contribution in [2.75, 3.05) is 13.6 Å². The SMILES string of the molecule is CNCCCC(=O)NCc1ccc(F)cc1Br. The number of rotatable bonds is 6. The lowest BCUT2D eigenvalue weighted by Crippen LogP contribution is -2.23. The zero-order valence-electron chi connectivity index (χ0n) is 9.72. The van der Waals surface area contributed by atoms with Gasteiger partial charge in [0.1, 0.15) is 5.82 Å². The molecule has 0 radical (unpaired) electrons. The summed E-state index contributed by atoms with van der Waals surface area (Å²) in [6, 6.07) is 4.43. The van der Waals surface area contributed by atoms with Crippen molar-refractivity contribution in [1.82, 2.24) is 10.6 Å². The van der Waals surface area contributed by atoms with Gasteiger partial charge in [-0.15, -0.1) is 0 Å². The van der Waals surface area contributed by atoms with Gasteiger partial charge in [0.15, 0.2) is 0 Å². The molecule has 5 heteroatoms. The van der Waals surface area contributed by atoms with Crippen LogP contribution >= 0.6 is 15.9 Å². The summed E-state index contributed by atoms with van der Waals surface area (Å²) in [5.74, 6) is -0.280. The van der Waals surface area contributed by atoms with Gasteiger partial charge in [0.2, 0.25) is 5.91 Å². The molecule has 0 bridgehead atoms. The molecule has 0 fully saturated rings. The fourth-order valence-corrected chi connectivity index (χ4v) is 1.86. The molecule has 0 aliphatic rings. The quantitative estimate of drug-likeness (QED) is 0.791. The molecule has 0 saturated carbocycles. The first-order valence-corrected chi connectivity index (χ1v) is 6.28. The van der Waals surface area contributed by atoms with Crippen LogP contribution in [-0.4, -0.2) is 19.5 Å². The molecule has 0 aliphatic carbocycles. The van der Waals surface area contributed by atoms with Gasteiger partial charge >= 0.3 is 0 Å². The Morgan fingerprint density at radius 2 is 2.24 bits per heavy atom. The normalized spacial score (nSPS) is 10.3. The van der Waals surface area contributed by atoms with E-state index in [1.165, 1.54) is 12.1 Å². The molecular weight excluding hydrogens is 287 g/mol. The van der Waals surface area contributed by atoms with Crippen molar-refractivity contribution in [3.63, 3.8) is 0 Å². The maximum atomic E-state index is 12.8. The van der Waals surface area contributed by atoms with Crippen LogP contribution in [0.5, 0.6) is 0 Å². The summed E-state index contributed by atoms with van der Waals surface area (Å²) < 4.78 is 13.5. The summed E-state index contributed by atoms with van der Waals surface area (Å²) in [5.41, 5.74) is 0.869. The second kappa shape index (κ2) is 7.40. The predicted molar refractivity (Wildman–Crippen MR) is 69.1 cm³/mol. The molecule has 0 saturated heterocycles. The van der Waals surface area contributed by atoms with E-state index in [1.807, 2.05) is 7.05 Å². The number of benzene rings is 1. The standard InChI is InChI=1S/C12H16BrFN2O/c1-15-6-2-3-12(17)16-8-9-4-5-10(14)7-11(9)13/h4-5,7,15H,2-3,6,8H2,1H3,(H,16,17). The van der Waals surface area contributed by atoms with Gasteiger partial charge in [0, 0.05) is 17.4 Å². The lowest BCUT2D eigenvalue weighted by atomic mass is 10.2. The topological polar surface area (TPSA) is 41.1 Å². The van der Waals surface area contributed by atoms with E-state index in [0.717, 1.165) is 18.5 Å². The predicted octanol–water partition coefficient (Wildman–Crippen LogP) is 2.20. The first-order valence-electron chi connectivity index (χ1n) is 5.48. The summed E-state index contributed by atoms with van der Waals surface area (Å²) in [6.45, 7) is 1.24. The van der Waals surface area contributed by atoms with E-state index in [-0.39, 0.29) is 11.7 Å². The van der Waals surface area contributed by atoms with Crippen LogP contribution in [-0.2, 0) is 11.3 Å². The monoisotopic (exact) mass is 302 g/mol. The number of hydrogen-bond donors (Lipinski definition) is 2. The van der Waals surface area contributed by atoms with E-state index in [0.29, 0.717) is 17.4 Å². The van der Waals surface area contributed by atoms with Crippen LogP contribution in [0.1, 0.15) is 18.4 Å². The van der Waals surface area contributed by atoms with Gasteiger partial charge in [-0.3, -0.25) is 4.79 Å². The minimum atomic E-state index is -0.291. The molecular formula is C12H16BrFN2O. The first-order chi connectivity index (χ1) is 8.13. The third-order valence-electron chi connectivity index (χ3n) is 2.32. The maximum Gasteiger partial charge on any atom is 0.220 e. The van der Waals surface area contributed by atoms with E-state index in [2.05, 4.69) is 26.6 Å². The number of carbonyl (C=O) groups excluding carboxylic acids is 1. The Labute approximate surface area is 109 Å². The van der Waals surface area contributed by atoms with Crippen LogP contribution in [0.3, 0.4) is 0 Å². The lowest BCUT2D eigenvalue weighted by molar-refractivity contribution is -0.121. The Balaban J connectivity index is 2.37. The van der Waals surface area contributed by atoms with Crippen LogP contribution in [0, 0.1) is 5.82 Å². The van der Waals surface area contributed by atoms with Crippen molar-refractivity contribution < 1.29 is 9.18 Å². The highest BCUT2D eigenvalue weighted by Gasteiger charge is 2.04. The van der Waals surface area contributed by atoms with Crippen LogP contribution in [0.2, 0.25) is 0 Å². The Hall–Kier alpha value is -0.940. The number of carbonyl (C=O) groups is 1. The molecule has 1 aromatic carbocycles. The van der Waals surface area contributed by atoms with Gasteiger partial charge in [-0.2, -0.15) is 0 Å². The molecule has 3 nitrogen and oxygen atoms in total. The number of halogens is 2. The highest BCUT2D eigenvalue weighted by Crippen LogP contribution is 2.17. The van der Waals surface area contributed by atoms with Gasteiger partial charge in [-0.05, 0) is 37.7 Å². The molecule has 2 N–H and O–H groups in total. The Morgan fingerprint density at radius 3 is 2.88 bits per heavy atom. The van der Waals surface area contributed by atoms with Gasteiger partial charge in [0.25, 0.3) is 0 Å². The average molecular weight is 303 g/mol. The van der Waals surface area contributed by atoms with Crippen molar-refractivity contribution >= 4 is 21.8 Å². The zero-order valence-corrected chi connectivity index (χ0v) is 11.3. The van der Waals surface area contributed by atoms with Crippen molar-refractivity contribution in [2.24, 2.45) is 0 Å². The van der Waals surface area contributed by atoms with Crippen LogP contribution < -0.4 is 10.6 Å². The van der Waals surface area contributed by atoms with E-state index < -0.39 is 0 Å². The molecule has 1 amide bonds. The van der Waals surface area contributed by atoms with Crippen LogP contribution in [0.25, 0.3) is 0 Å². The molecule has 0 aromatic heterocycles. The summed E-state index contributed by atoms with van der Waals surface area (Å²) in [6.07, 6.45) is 1.31. The maximum absolute atomic E-state index is 12.8. The third kappa shape index (κ3) is 5.28. The van der Waals surface area contributed by atoms with Crippen molar-refractivity contribution in [3.8, 4) is 0 Å². The molecule has 0 unspecified atom stereocenters. The molecule has 94 valence electrons. The largest absolute Gasteiger partial charge is 0.352 e. The van der Waals surface area contributed by atoms with E-state index in [9.17, 15) is 9.18 Å². The number of hydrogen-bond acceptors (Lipinski definition) is 2. The third-order valence-corrected chi connectivity index (χ3v) is 3.06. The summed E-state index contributed by atoms with van der Waals surface area (Å²) >= 11 is 3.26. The fourth-order valence-electron chi connectivity index (χ4n) is 1.37. The smallest absolute Gasteiger partial charge is 0.220 e. The summed E-state index contributed by atoms with van der Waals surface area (Å²) in [4.78, 5) is 11.4. The van der Waals surface area contributed by atoms with Gasteiger partial charge in [-0.25, -0.2) is 4.39 Å². The van der Waals surface area contributed by atoms with Gasteiger partial charge in [0.05, 0.1) is 0 Å². The average Bonchev–Trinajstić information content (AvgIpc) is 2.28. The summed E-state index contributed by atoms with van der Waals surface area (Å²) in [7, 11) is 1.85. The molecule has 1 aromatic rings. The molecule has 0 spiro atoms. The van der Waals surface area contributed by atoms with Crippen molar-refractivity contribution in [3.05, 3.63) is 34.1 Å². The second-order valence-electron chi connectivity index (χ2n) is 3.72. The minimum Gasteiger partial charge on any atom is -0.352 e. The minimum absolute atomic E-state index is 0.0106. The molecule has 1 rings (SSSR count). The molecule has 0 heterocycles. The van der Waals surface area contributed by atoms with Gasteiger partial charge in [-0.1, -0.05) is 22.0 Å². The van der Waals surface area contributed by atoms with E-state index >= 15 is 0 Å². The Kier molecular flexibility index (Phi) is 6.15. The Bertz CT molecular complexity index is 385. The lowest BCUT2D eigenvalue weighted by Gasteiger charge is -2.07. The van der Waals surface area contributed by atoms with Crippen molar-refractivity contribution in [1.29, 1.82) is 0 Å². The molecule has 17 heavy (non-hydrogen) atoms.